The first kappa shape index (κ1) is 15.5. The van der Waals surface area contributed by atoms with E-state index in [1.54, 1.807) is 6.07 Å². The normalized spacial score (nSPS) is 16.1. The summed E-state index contributed by atoms with van der Waals surface area (Å²) >= 11 is 0. The summed E-state index contributed by atoms with van der Waals surface area (Å²) < 4.78 is 2.10. The Morgan fingerprint density at radius 2 is 2.13 bits per heavy atom. The van der Waals surface area contributed by atoms with E-state index in [2.05, 4.69) is 20.9 Å². The zero-order chi connectivity index (χ0) is 16.6. The molecule has 1 aromatic carbocycles. The van der Waals surface area contributed by atoms with E-state index in [0.717, 1.165) is 23.9 Å². The highest BCUT2D eigenvalue weighted by Crippen LogP contribution is 2.37. The number of fused-ring (bicyclic) bond motifs is 1. The molecule has 1 heterocycles. The predicted octanol–water partition coefficient (Wildman–Crippen LogP) is 3.86. The Kier molecular flexibility index (Phi) is 4.08. The van der Waals surface area contributed by atoms with Crippen LogP contribution in [0.4, 0.5) is 5.95 Å². The molecule has 120 valence electrons. The predicted molar refractivity (Wildman–Crippen MR) is 90.0 cm³/mol. The highest BCUT2D eigenvalue weighted by Gasteiger charge is 2.27. The van der Waals surface area contributed by atoms with Crippen LogP contribution in [-0.4, -0.2) is 15.5 Å². The number of aromatic nitrogens is 2. The third-order valence-corrected chi connectivity index (χ3v) is 4.91. The second-order valence-corrected chi connectivity index (χ2v) is 6.73. The summed E-state index contributed by atoms with van der Waals surface area (Å²) in [7, 11) is 0. The lowest BCUT2D eigenvalue weighted by Gasteiger charge is -2.29. The third kappa shape index (κ3) is 2.81. The first-order valence-electron chi connectivity index (χ1n) is 8.24. The molecule has 0 saturated heterocycles. The van der Waals surface area contributed by atoms with Crippen molar-refractivity contribution in [3.8, 4) is 6.07 Å². The van der Waals surface area contributed by atoms with Crippen molar-refractivity contribution in [3.05, 3.63) is 23.8 Å². The fraction of sp³-hybridized carbons (Fsp3) is 0.500. The van der Waals surface area contributed by atoms with Gasteiger partial charge in [0.2, 0.25) is 11.9 Å². The van der Waals surface area contributed by atoms with Crippen LogP contribution in [0.15, 0.2) is 18.2 Å². The lowest BCUT2D eigenvalue weighted by atomic mass is 9.92. The van der Waals surface area contributed by atoms with Crippen molar-refractivity contribution in [2.75, 3.05) is 5.32 Å². The Bertz CT molecular complexity index is 780. The molecule has 1 aliphatic carbocycles. The lowest BCUT2D eigenvalue weighted by Crippen LogP contribution is -2.27. The SMILES string of the molecule is CC(C)[C@@H](C)C(=O)Nc1nc2ccc(C#N)cc2n1C1CCC1. The summed E-state index contributed by atoms with van der Waals surface area (Å²) in [4.78, 5) is 17.0. The molecule has 1 aliphatic rings. The number of nitriles is 1. The first-order chi connectivity index (χ1) is 11.0. The van der Waals surface area contributed by atoms with Crippen molar-refractivity contribution in [1.29, 1.82) is 5.26 Å². The van der Waals surface area contributed by atoms with Crippen LogP contribution in [0.3, 0.4) is 0 Å². The average molecular weight is 310 g/mol. The van der Waals surface area contributed by atoms with Gasteiger partial charge >= 0.3 is 0 Å². The molecule has 0 spiro atoms. The summed E-state index contributed by atoms with van der Waals surface area (Å²) in [6.07, 6.45) is 3.37. The molecule has 5 nitrogen and oxygen atoms in total. The zero-order valence-corrected chi connectivity index (χ0v) is 13.8. The zero-order valence-electron chi connectivity index (χ0n) is 13.8. The number of hydrogen-bond acceptors (Lipinski definition) is 3. The molecular weight excluding hydrogens is 288 g/mol. The second kappa shape index (κ2) is 6.04. The topological polar surface area (TPSA) is 70.7 Å². The largest absolute Gasteiger partial charge is 0.307 e. The third-order valence-electron chi connectivity index (χ3n) is 4.91. The van der Waals surface area contributed by atoms with E-state index in [4.69, 9.17) is 5.26 Å². The second-order valence-electron chi connectivity index (χ2n) is 6.73. The van der Waals surface area contributed by atoms with E-state index < -0.39 is 0 Å². The molecule has 0 aliphatic heterocycles. The summed E-state index contributed by atoms with van der Waals surface area (Å²) in [6, 6.07) is 8.02. The summed E-state index contributed by atoms with van der Waals surface area (Å²) in [6.45, 7) is 6.01. The molecule has 0 bridgehead atoms. The quantitative estimate of drug-likeness (QED) is 0.932. The number of carbonyl (C=O) groups is 1. The van der Waals surface area contributed by atoms with Gasteiger partial charge in [-0.05, 0) is 43.4 Å². The summed E-state index contributed by atoms with van der Waals surface area (Å²) in [5, 5.41) is 12.1. The van der Waals surface area contributed by atoms with Crippen LogP contribution in [0, 0.1) is 23.2 Å². The number of hydrogen-bond donors (Lipinski definition) is 1. The van der Waals surface area contributed by atoms with Crippen molar-refractivity contribution in [3.63, 3.8) is 0 Å². The average Bonchev–Trinajstić information content (AvgIpc) is 2.82. The van der Waals surface area contributed by atoms with Crippen LogP contribution in [0.1, 0.15) is 51.6 Å². The minimum Gasteiger partial charge on any atom is -0.307 e. The van der Waals surface area contributed by atoms with Gasteiger partial charge in [-0.2, -0.15) is 5.26 Å². The first-order valence-corrected chi connectivity index (χ1v) is 8.24. The lowest BCUT2D eigenvalue weighted by molar-refractivity contribution is -0.120. The van der Waals surface area contributed by atoms with Gasteiger partial charge in [0.05, 0.1) is 22.7 Å². The molecule has 1 fully saturated rings. The molecule has 1 saturated carbocycles. The maximum Gasteiger partial charge on any atom is 0.229 e. The number of benzene rings is 1. The van der Waals surface area contributed by atoms with Crippen LogP contribution in [-0.2, 0) is 4.79 Å². The standard InChI is InChI=1S/C18H22N4O/c1-11(2)12(3)17(23)21-18-20-15-8-7-13(10-19)9-16(15)22(18)14-5-4-6-14/h7-9,11-12,14H,4-6H2,1-3H3,(H,20,21,23)/t12-/m1/s1. The number of nitrogens with one attached hydrogen (secondary N) is 1. The monoisotopic (exact) mass is 310 g/mol. The van der Waals surface area contributed by atoms with Gasteiger partial charge in [-0.3, -0.25) is 10.1 Å². The number of carbonyl (C=O) groups excluding carboxylic acids is 1. The van der Waals surface area contributed by atoms with Crippen molar-refractivity contribution < 1.29 is 4.79 Å². The highest BCUT2D eigenvalue weighted by atomic mass is 16.2. The molecule has 3 rings (SSSR count). The Balaban J connectivity index is 2.02. The van der Waals surface area contributed by atoms with Crippen molar-refractivity contribution in [1.82, 2.24) is 9.55 Å². The summed E-state index contributed by atoms with van der Waals surface area (Å²) in [5.41, 5.74) is 2.37. The van der Waals surface area contributed by atoms with E-state index >= 15 is 0 Å². The number of nitrogens with zero attached hydrogens (tertiary/aromatic N) is 3. The Hall–Kier alpha value is -2.35. The molecule has 0 radical (unpaired) electrons. The number of rotatable bonds is 4. The minimum absolute atomic E-state index is 0.00335. The van der Waals surface area contributed by atoms with Crippen LogP contribution in [0.2, 0.25) is 0 Å². The van der Waals surface area contributed by atoms with Crippen LogP contribution >= 0.6 is 0 Å². The molecule has 5 heteroatoms. The fourth-order valence-electron chi connectivity index (χ4n) is 2.79. The van der Waals surface area contributed by atoms with Crippen molar-refractivity contribution in [2.24, 2.45) is 11.8 Å². The van der Waals surface area contributed by atoms with Crippen molar-refractivity contribution >= 4 is 22.9 Å². The Labute approximate surface area is 136 Å². The maximum atomic E-state index is 12.4. The smallest absolute Gasteiger partial charge is 0.229 e. The van der Waals surface area contributed by atoms with Gasteiger partial charge in [0.25, 0.3) is 0 Å². The maximum absolute atomic E-state index is 12.4. The van der Waals surface area contributed by atoms with Crippen molar-refractivity contribution in [2.45, 2.75) is 46.1 Å². The molecule has 2 aromatic rings. The van der Waals surface area contributed by atoms with Gasteiger partial charge in [0.15, 0.2) is 0 Å². The van der Waals surface area contributed by atoms with E-state index in [1.807, 2.05) is 32.9 Å². The van der Waals surface area contributed by atoms with E-state index in [-0.39, 0.29) is 17.7 Å². The minimum atomic E-state index is -0.0701. The fourth-order valence-corrected chi connectivity index (χ4v) is 2.79. The van der Waals surface area contributed by atoms with Gasteiger partial charge < -0.3 is 4.57 Å². The van der Waals surface area contributed by atoms with E-state index in [0.29, 0.717) is 17.6 Å². The van der Waals surface area contributed by atoms with Gasteiger partial charge in [-0.25, -0.2) is 4.98 Å². The van der Waals surface area contributed by atoms with E-state index in [1.165, 1.54) is 6.42 Å². The molecule has 1 amide bonds. The van der Waals surface area contributed by atoms with E-state index in [9.17, 15) is 4.79 Å². The molecule has 1 atom stereocenters. The van der Waals surface area contributed by atoms with Gasteiger partial charge in [0.1, 0.15) is 0 Å². The number of anilines is 1. The Morgan fingerprint density at radius 1 is 1.39 bits per heavy atom. The molecule has 1 N–H and O–H groups in total. The highest BCUT2D eigenvalue weighted by molar-refractivity contribution is 5.93. The van der Waals surface area contributed by atoms with Gasteiger partial charge in [-0.15, -0.1) is 0 Å². The van der Waals surface area contributed by atoms with Crippen LogP contribution < -0.4 is 5.32 Å². The van der Waals surface area contributed by atoms with Crippen LogP contribution in [0.25, 0.3) is 11.0 Å². The molecule has 1 aromatic heterocycles. The number of imidazole rings is 1. The van der Waals surface area contributed by atoms with Gasteiger partial charge in [-0.1, -0.05) is 20.8 Å². The summed E-state index contributed by atoms with van der Waals surface area (Å²) in [5.74, 6) is 0.815. The molecule has 23 heavy (non-hydrogen) atoms. The van der Waals surface area contributed by atoms with Gasteiger partial charge in [0, 0.05) is 12.0 Å². The van der Waals surface area contributed by atoms with Crippen LogP contribution in [0.5, 0.6) is 0 Å². The number of amides is 1. The molecule has 0 unspecified atom stereocenters. The molecular formula is C18H22N4O. The Morgan fingerprint density at radius 3 is 2.70 bits per heavy atom.